The molecule has 0 radical (unpaired) electrons. The molecule has 182 valence electrons. The molecule has 10 nitrogen and oxygen atoms in total. The molecule has 0 aromatic heterocycles. The second-order valence-corrected chi connectivity index (χ2v) is 10.4. The predicted octanol–water partition coefficient (Wildman–Crippen LogP) is 3.22. The second-order valence-electron chi connectivity index (χ2n) is 8.49. The lowest BCUT2D eigenvalue weighted by Crippen LogP contribution is -2.54. The Bertz CT molecular complexity index is 1130. The van der Waals surface area contributed by atoms with E-state index in [4.69, 9.17) is 0 Å². The zero-order valence-corrected chi connectivity index (χ0v) is 19.7. The summed E-state index contributed by atoms with van der Waals surface area (Å²) in [5, 5.41) is 14.7. The van der Waals surface area contributed by atoms with Crippen molar-refractivity contribution >= 4 is 33.2 Å². The highest BCUT2D eigenvalue weighted by molar-refractivity contribution is 7.86. The molecule has 0 unspecified atom stereocenters. The van der Waals surface area contributed by atoms with E-state index in [0.29, 0.717) is 24.5 Å². The van der Waals surface area contributed by atoms with Gasteiger partial charge in [0.2, 0.25) is 0 Å². The summed E-state index contributed by atoms with van der Waals surface area (Å²) in [5.41, 5.74) is 0.999. The molecular weight excluding hydrogens is 458 g/mol. The average Bonchev–Trinajstić information content (AvgIpc) is 3.15. The maximum Gasteiger partial charge on any atom is 0.293 e. The molecule has 0 atom stereocenters. The first kappa shape index (κ1) is 24.1. The third kappa shape index (κ3) is 5.37. The molecule has 2 saturated heterocycles. The van der Waals surface area contributed by atoms with Crippen LogP contribution < -0.4 is 5.32 Å². The molecule has 34 heavy (non-hydrogen) atoms. The second kappa shape index (κ2) is 10.5. The fraction of sp³-hybridized carbons (Fsp3) is 0.435. The van der Waals surface area contributed by atoms with Gasteiger partial charge in [0.05, 0.1) is 4.92 Å². The first-order valence-electron chi connectivity index (χ1n) is 11.5. The van der Waals surface area contributed by atoms with Gasteiger partial charge in [-0.05, 0) is 37.1 Å². The number of nitro groups is 1. The fourth-order valence-electron chi connectivity index (χ4n) is 4.34. The zero-order chi connectivity index (χ0) is 24.1. The maximum atomic E-state index is 13.1. The molecule has 2 fully saturated rings. The quantitative estimate of drug-likeness (QED) is 0.494. The van der Waals surface area contributed by atoms with E-state index in [-0.39, 0.29) is 43.3 Å². The topological polar surface area (TPSA) is 116 Å². The Morgan fingerprint density at radius 1 is 0.853 bits per heavy atom. The number of nitrogens with zero attached hydrogens (tertiary/aromatic N) is 4. The summed E-state index contributed by atoms with van der Waals surface area (Å²) in [4.78, 5) is 25.7. The first-order valence-corrected chi connectivity index (χ1v) is 12.9. The highest BCUT2D eigenvalue weighted by Gasteiger charge is 2.34. The summed E-state index contributed by atoms with van der Waals surface area (Å²) in [5.74, 6) is -0.346. The Morgan fingerprint density at radius 2 is 1.47 bits per heavy atom. The van der Waals surface area contributed by atoms with E-state index < -0.39 is 15.1 Å². The Morgan fingerprint density at radius 3 is 2.09 bits per heavy atom. The Balaban J connectivity index is 1.43. The summed E-state index contributed by atoms with van der Waals surface area (Å²) in [6.07, 6.45) is 3.82. The van der Waals surface area contributed by atoms with Crippen LogP contribution in [-0.4, -0.2) is 72.0 Å². The lowest BCUT2D eigenvalue weighted by Gasteiger charge is -2.36. The van der Waals surface area contributed by atoms with E-state index in [2.05, 4.69) is 5.32 Å². The molecule has 2 aromatic rings. The van der Waals surface area contributed by atoms with Gasteiger partial charge in [-0.3, -0.25) is 14.9 Å². The van der Waals surface area contributed by atoms with Gasteiger partial charge in [-0.1, -0.05) is 31.0 Å². The number of hydrogen-bond acceptors (Lipinski definition) is 6. The predicted molar refractivity (Wildman–Crippen MR) is 129 cm³/mol. The summed E-state index contributed by atoms with van der Waals surface area (Å²) < 4.78 is 29.0. The van der Waals surface area contributed by atoms with Gasteiger partial charge in [0.15, 0.2) is 0 Å². The third-order valence-electron chi connectivity index (χ3n) is 6.24. The number of hydrogen-bond donors (Lipinski definition) is 1. The molecule has 11 heteroatoms. The molecule has 2 aliphatic rings. The van der Waals surface area contributed by atoms with Crippen molar-refractivity contribution in [2.45, 2.75) is 25.7 Å². The smallest absolute Gasteiger partial charge is 0.293 e. The Labute approximate surface area is 199 Å². The highest BCUT2D eigenvalue weighted by atomic mass is 32.2. The van der Waals surface area contributed by atoms with Gasteiger partial charge in [-0.25, -0.2) is 0 Å². The highest BCUT2D eigenvalue weighted by Crippen LogP contribution is 2.29. The number of nitro benzene ring substituents is 1. The minimum absolute atomic E-state index is 0.197. The summed E-state index contributed by atoms with van der Waals surface area (Å²) in [6, 6.07) is 13.4. The normalized spacial score (nSPS) is 18.3. The molecule has 0 spiro atoms. The van der Waals surface area contributed by atoms with Gasteiger partial charge < -0.3 is 10.2 Å². The monoisotopic (exact) mass is 487 g/mol. The minimum Gasteiger partial charge on any atom is -0.350 e. The summed E-state index contributed by atoms with van der Waals surface area (Å²) in [7, 11) is -3.54. The van der Waals surface area contributed by atoms with Gasteiger partial charge in [-0.2, -0.15) is 17.0 Å². The van der Waals surface area contributed by atoms with Crippen LogP contribution in [0.3, 0.4) is 0 Å². The van der Waals surface area contributed by atoms with Crippen LogP contribution in [0.15, 0.2) is 48.5 Å². The largest absolute Gasteiger partial charge is 0.350 e. The van der Waals surface area contributed by atoms with Gasteiger partial charge in [0, 0.05) is 56.6 Å². The lowest BCUT2D eigenvalue weighted by molar-refractivity contribution is -0.383. The van der Waals surface area contributed by atoms with E-state index in [0.717, 1.165) is 25.7 Å². The van der Waals surface area contributed by atoms with Crippen molar-refractivity contribution < 1.29 is 18.1 Å². The van der Waals surface area contributed by atoms with Crippen LogP contribution in [0.1, 0.15) is 36.0 Å². The van der Waals surface area contributed by atoms with Crippen LogP contribution in [0, 0.1) is 10.1 Å². The molecule has 2 aliphatic heterocycles. The molecule has 4 rings (SSSR count). The first-order chi connectivity index (χ1) is 16.4. The Hall–Kier alpha value is -3.02. The molecule has 2 heterocycles. The van der Waals surface area contributed by atoms with Crippen LogP contribution >= 0.6 is 0 Å². The van der Waals surface area contributed by atoms with Gasteiger partial charge in [-0.15, -0.1) is 0 Å². The van der Waals surface area contributed by atoms with E-state index in [9.17, 15) is 23.3 Å². The standard InChI is InChI=1S/C23H29N5O5S/c29-23(19-10-11-21(22(18-19)28(30)31)24-20-8-4-3-5-9-20)25-14-16-27(17-15-25)34(32,33)26-12-6-1-2-7-13-26/h3-5,8-11,18,24H,1-2,6-7,12-17H2. The van der Waals surface area contributed by atoms with Crippen LogP contribution in [0.25, 0.3) is 0 Å². The molecule has 1 N–H and O–H groups in total. The molecule has 2 aromatic carbocycles. The van der Waals surface area contributed by atoms with E-state index >= 15 is 0 Å². The molecule has 0 aliphatic carbocycles. The molecular formula is C23H29N5O5S. The minimum atomic E-state index is -3.54. The van der Waals surface area contributed by atoms with E-state index in [1.807, 2.05) is 18.2 Å². The van der Waals surface area contributed by atoms with Crippen molar-refractivity contribution in [1.29, 1.82) is 0 Å². The Kier molecular flexibility index (Phi) is 7.44. The van der Waals surface area contributed by atoms with E-state index in [1.165, 1.54) is 16.4 Å². The van der Waals surface area contributed by atoms with Gasteiger partial charge in [0.25, 0.3) is 21.8 Å². The number of piperazine rings is 1. The van der Waals surface area contributed by atoms with Crippen LogP contribution in [0.4, 0.5) is 17.1 Å². The number of carbonyl (C=O) groups excluding carboxylic acids is 1. The number of para-hydroxylation sites is 1. The number of amides is 1. The lowest BCUT2D eigenvalue weighted by atomic mass is 10.1. The summed E-state index contributed by atoms with van der Waals surface area (Å²) in [6.45, 7) is 1.97. The number of anilines is 2. The van der Waals surface area contributed by atoms with Crippen LogP contribution in [0.5, 0.6) is 0 Å². The fourth-order valence-corrected chi connectivity index (χ4v) is 6.01. The zero-order valence-electron chi connectivity index (χ0n) is 18.9. The summed E-state index contributed by atoms with van der Waals surface area (Å²) >= 11 is 0. The van der Waals surface area contributed by atoms with E-state index in [1.54, 1.807) is 27.4 Å². The SMILES string of the molecule is O=C(c1ccc(Nc2ccccc2)c([N+](=O)[O-])c1)N1CCN(S(=O)(=O)N2CCCCCC2)CC1. The number of benzene rings is 2. The average molecular weight is 488 g/mol. The van der Waals surface area contributed by atoms with Crippen LogP contribution in [0.2, 0.25) is 0 Å². The van der Waals surface area contributed by atoms with Crippen molar-refractivity contribution in [3.05, 3.63) is 64.2 Å². The van der Waals surface area contributed by atoms with Crippen molar-refractivity contribution in [2.75, 3.05) is 44.6 Å². The number of nitrogens with one attached hydrogen (secondary N) is 1. The van der Waals surface area contributed by atoms with Crippen molar-refractivity contribution in [3.8, 4) is 0 Å². The van der Waals surface area contributed by atoms with Crippen molar-refractivity contribution in [2.24, 2.45) is 0 Å². The van der Waals surface area contributed by atoms with Crippen molar-refractivity contribution in [1.82, 2.24) is 13.5 Å². The van der Waals surface area contributed by atoms with Gasteiger partial charge >= 0.3 is 0 Å². The van der Waals surface area contributed by atoms with Crippen LogP contribution in [-0.2, 0) is 10.2 Å². The van der Waals surface area contributed by atoms with Gasteiger partial charge in [0.1, 0.15) is 5.69 Å². The number of carbonyl (C=O) groups is 1. The molecule has 1 amide bonds. The maximum absolute atomic E-state index is 13.1. The molecule has 0 saturated carbocycles. The van der Waals surface area contributed by atoms with Crippen molar-refractivity contribution in [3.63, 3.8) is 0 Å². The molecule has 0 bridgehead atoms. The number of rotatable bonds is 6. The third-order valence-corrected chi connectivity index (χ3v) is 8.27.